The summed E-state index contributed by atoms with van der Waals surface area (Å²) in [4.78, 5) is 0. The van der Waals surface area contributed by atoms with E-state index in [1.165, 1.54) is 37.4 Å². The zero-order chi connectivity index (χ0) is 17.3. The number of hydrogen-bond donors (Lipinski definition) is 0. The second-order valence-corrected chi connectivity index (χ2v) is 5.12. The highest BCUT2D eigenvalue weighted by Gasteiger charge is 2.14. The maximum Gasteiger partial charge on any atom is 0.195 e. The van der Waals surface area contributed by atoms with Crippen LogP contribution in [0.5, 0.6) is 11.5 Å². The molecule has 3 aromatic rings. The molecule has 0 aromatic heterocycles. The first-order valence-corrected chi connectivity index (χ1v) is 7.02. The fourth-order valence-corrected chi connectivity index (χ4v) is 2.31. The first-order valence-electron chi connectivity index (χ1n) is 7.02. The van der Waals surface area contributed by atoms with Gasteiger partial charge in [0.05, 0.1) is 7.11 Å². The number of rotatable bonds is 4. The molecule has 0 aliphatic heterocycles. The number of methoxy groups -OCH3 is 1. The van der Waals surface area contributed by atoms with E-state index in [1.54, 1.807) is 6.07 Å². The van der Waals surface area contributed by atoms with E-state index >= 15 is 0 Å². The van der Waals surface area contributed by atoms with Crippen LogP contribution in [-0.4, -0.2) is 7.11 Å². The largest absolute Gasteiger partial charge is 0.497 e. The van der Waals surface area contributed by atoms with E-state index in [9.17, 15) is 17.6 Å². The smallest absolute Gasteiger partial charge is 0.195 e. The van der Waals surface area contributed by atoms with Gasteiger partial charge in [0.1, 0.15) is 23.9 Å². The van der Waals surface area contributed by atoms with Crippen molar-refractivity contribution in [2.75, 3.05) is 7.11 Å². The molecule has 0 N–H and O–H groups in total. The first-order chi connectivity index (χ1) is 11.5. The SMILES string of the molecule is COc1ccc(COc2ccc3c(F)c(F)c(F)cc3c2)c(F)c1. The third-order valence-corrected chi connectivity index (χ3v) is 3.60. The summed E-state index contributed by atoms with van der Waals surface area (Å²) in [6.07, 6.45) is 0. The van der Waals surface area contributed by atoms with Gasteiger partial charge in [-0.25, -0.2) is 17.6 Å². The zero-order valence-corrected chi connectivity index (χ0v) is 12.6. The van der Waals surface area contributed by atoms with Crippen LogP contribution in [0.2, 0.25) is 0 Å². The summed E-state index contributed by atoms with van der Waals surface area (Å²) >= 11 is 0. The van der Waals surface area contributed by atoms with Gasteiger partial charge in [-0.05, 0) is 41.8 Å². The van der Waals surface area contributed by atoms with Gasteiger partial charge < -0.3 is 9.47 Å². The summed E-state index contributed by atoms with van der Waals surface area (Å²) < 4.78 is 64.3. The molecule has 0 fully saturated rings. The predicted molar refractivity (Wildman–Crippen MR) is 81.1 cm³/mol. The molecule has 2 nitrogen and oxygen atoms in total. The van der Waals surface area contributed by atoms with Gasteiger partial charge in [0, 0.05) is 17.0 Å². The summed E-state index contributed by atoms with van der Waals surface area (Å²) in [5, 5.41) is 0.0935. The molecule has 0 spiro atoms. The van der Waals surface area contributed by atoms with Gasteiger partial charge in [-0.2, -0.15) is 0 Å². The predicted octanol–water partition coefficient (Wildman–Crippen LogP) is 4.98. The molecule has 0 saturated carbocycles. The topological polar surface area (TPSA) is 18.5 Å². The van der Waals surface area contributed by atoms with Gasteiger partial charge in [0.15, 0.2) is 17.5 Å². The number of halogens is 4. The molecule has 6 heteroatoms. The molecule has 0 radical (unpaired) electrons. The van der Waals surface area contributed by atoms with E-state index in [0.29, 0.717) is 11.3 Å². The fraction of sp³-hybridized carbons (Fsp3) is 0.111. The van der Waals surface area contributed by atoms with E-state index in [1.807, 2.05) is 0 Å². The highest BCUT2D eigenvalue weighted by Crippen LogP contribution is 2.27. The van der Waals surface area contributed by atoms with E-state index in [4.69, 9.17) is 9.47 Å². The quantitative estimate of drug-likeness (QED) is 0.494. The number of hydrogen-bond acceptors (Lipinski definition) is 2. The number of fused-ring (bicyclic) bond motifs is 1. The molecule has 124 valence electrons. The molecule has 0 bridgehead atoms. The minimum Gasteiger partial charge on any atom is -0.497 e. The van der Waals surface area contributed by atoms with Crippen LogP contribution in [0, 0.1) is 23.3 Å². The van der Waals surface area contributed by atoms with Crippen molar-refractivity contribution < 1.29 is 27.0 Å². The monoisotopic (exact) mass is 336 g/mol. The molecule has 24 heavy (non-hydrogen) atoms. The van der Waals surface area contributed by atoms with Crippen LogP contribution in [0.25, 0.3) is 10.8 Å². The third kappa shape index (κ3) is 2.99. The highest BCUT2D eigenvalue weighted by molar-refractivity contribution is 5.84. The minimum absolute atomic E-state index is 0.0584. The Labute approximate surface area is 135 Å². The van der Waals surface area contributed by atoms with Crippen LogP contribution < -0.4 is 9.47 Å². The van der Waals surface area contributed by atoms with Crippen LogP contribution in [-0.2, 0) is 6.61 Å². The van der Waals surface area contributed by atoms with Crippen molar-refractivity contribution in [2.45, 2.75) is 6.61 Å². The molecule has 0 unspecified atom stereocenters. The molecular formula is C18H12F4O2. The van der Waals surface area contributed by atoms with E-state index < -0.39 is 23.3 Å². The Morgan fingerprint density at radius 1 is 0.792 bits per heavy atom. The molecule has 3 aromatic carbocycles. The number of benzene rings is 3. The van der Waals surface area contributed by atoms with Gasteiger partial charge in [-0.15, -0.1) is 0 Å². The van der Waals surface area contributed by atoms with Crippen molar-refractivity contribution in [1.29, 1.82) is 0 Å². The van der Waals surface area contributed by atoms with Gasteiger partial charge >= 0.3 is 0 Å². The maximum absolute atomic E-state index is 13.8. The Hall–Kier alpha value is -2.76. The lowest BCUT2D eigenvalue weighted by Gasteiger charge is -2.10. The van der Waals surface area contributed by atoms with Crippen LogP contribution >= 0.6 is 0 Å². The Morgan fingerprint density at radius 2 is 1.54 bits per heavy atom. The summed E-state index contributed by atoms with van der Waals surface area (Å²) in [5.41, 5.74) is 0.298. The summed E-state index contributed by atoms with van der Waals surface area (Å²) in [6, 6.07) is 9.28. The van der Waals surface area contributed by atoms with E-state index in [0.717, 1.165) is 6.07 Å². The summed E-state index contributed by atoms with van der Waals surface area (Å²) in [7, 11) is 1.43. The summed E-state index contributed by atoms with van der Waals surface area (Å²) in [6.45, 7) is -0.0759. The van der Waals surface area contributed by atoms with Crippen LogP contribution in [0.3, 0.4) is 0 Å². The molecule has 0 atom stereocenters. The van der Waals surface area contributed by atoms with Crippen molar-refractivity contribution in [2.24, 2.45) is 0 Å². The molecule has 0 aliphatic rings. The van der Waals surface area contributed by atoms with Crippen molar-refractivity contribution in [3.05, 3.63) is 71.3 Å². The lowest BCUT2D eigenvalue weighted by Crippen LogP contribution is -1.99. The van der Waals surface area contributed by atoms with Crippen LogP contribution in [0.4, 0.5) is 17.6 Å². The van der Waals surface area contributed by atoms with Crippen molar-refractivity contribution in [3.63, 3.8) is 0 Å². The minimum atomic E-state index is -1.52. The zero-order valence-electron chi connectivity index (χ0n) is 12.6. The van der Waals surface area contributed by atoms with E-state index in [-0.39, 0.29) is 23.1 Å². The molecule has 3 rings (SSSR count). The molecule has 0 saturated heterocycles. The van der Waals surface area contributed by atoms with Gasteiger partial charge in [-0.1, -0.05) is 0 Å². The number of ether oxygens (including phenoxy) is 2. The van der Waals surface area contributed by atoms with Gasteiger partial charge in [0.2, 0.25) is 0 Å². The second kappa shape index (κ2) is 6.39. The third-order valence-electron chi connectivity index (χ3n) is 3.60. The van der Waals surface area contributed by atoms with Crippen molar-refractivity contribution >= 4 is 10.8 Å². The fourth-order valence-electron chi connectivity index (χ4n) is 2.31. The first kappa shape index (κ1) is 16.1. The Morgan fingerprint density at radius 3 is 2.25 bits per heavy atom. The lowest BCUT2D eigenvalue weighted by molar-refractivity contribution is 0.299. The second-order valence-electron chi connectivity index (χ2n) is 5.12. The maximum atomic E-state index is 13.8. The molecular weight excluding hydrogens is 324 g/mol. The normalized spacial score (nSPS) is 10.9. The summed E-state index contributed by atoms with van der Waals surface area (Å²) in [5.74, 6) is -3.88. The Kier molecular flexibility index (Phi) is 4.29. The average molecular weight is 336 g/mol. The van der Waals surface area contributed by atoms with Gasteiger partial charge in [-0.3, -0.25) is 0 Å². The van der Waals surface area contributed by atoms with Crippen molar-refractivity contribution in [3.8, 4) is 11.5 Å². The van der Waals surface area contributed by atoms with Crippen LogP contribution in [0.1, 0.15) is 5.56 Å². The van der Waals surface area contributed by atoms with Crippen molar-refractivity contribution in [1.82, 2.24) is 0 Å². The standard InChI is InChI=1S/C18H12F4O2/c1-23-12-3-2-10(15(19)8-12)9-24-13-4-5-14-11(6-13)7-16(20)18(22)17(14)21/h2-8H,9H2,1H3. The lowest BCUT2D eigenvalue weighted by atomic mass is 10.1. The molecule has 0 aliphatic carbocycles. The molecule has 0 heterocycles. The Balaban J connectivity index is 1.84. The van der Waals surface area contributed by atoms with Gasteiger partial charge in [0.25, 0.3) is 0 Å². The molecule has 0 amide bonds. The van der Waals surface area contributed by atoms with E-state index in [2.05, 4.69) is 0 Å². The average Bonchev–Trinajstić information content (AvgIpc) is 2.58. The van der Waals surface area contributed by atoms with Crippen LogP contribution in [0.15, 0.2) is 42.5 Å². The highest BCUT2D eigenvalue weighted by atomic mass is 19.2. The Bertz CT molecular complexity index is 909.